The van der Waals surface area contributed by atoms with Crippen LogP contribution in [-0.4, -0.2) is 9.97 Å². The third-order valence-corrected chi connectivity index (χ3v) is 3.32. The summed E-state index contributed by atoms with van der Waals surface area (Å²) in [5.41, 5.74) is 2.97. The predicted octanol–water partition coefficient (Wildman–Crippen LogP) is 4.25. The first-order valence-corrected chi connectivity index (χ1v) is 6.26. The van der Waals surface area contributed by atoms with Crippen molar-refractivity contribution in [3.8, 4) is 0 Å². The van der Waals surface area contributed by atoms with Gasteiger partial charge in [-0.05, 0) is 49.2 Å². The van der Waals surface area contributed by atoms with Crippen LogP contribution < -0.4 is 5.32 Å². The molecule has 2 aromatic rings. The van der Waals surface area contributed by atoms with Crippen molar-refractivity contribution in [2.24, 2.45) is 0 Å². The van der Waals surface area contributed by atoms with Crippen LogP contribution >= 0.6 is 27.5 Å². The van der Waals surface area contributed by atoms with E-state index in [2.05, 4.69) is 31.2 Å². The van der Waals surface area contributed by atoms with E-state index >= 15 is 0 Å². The van der Waals surface area contributed by atoms with Gasteiger partial charge in [-0.25, -0.2) is 9.97 Å². The van der Waals surface area contributed by atoms with Crippen molar-refractivity contribution >= 4 is 39.0 Å². The summed E-state index contributed by atoms with van der Waals surface area (Å²) in [6, 6.07) is 7.86. The Bertz CT molecular complexity index is 537. The van der Waals surface area contributed by atoms with E-state index in [9.17, 15) is 0 Å². The minimum atomic E-state index is 0.251. The van der Waals surface area contributed by atoms with Crippen LogP contribution in [0, 0.1) is 13.8 Å². The molecule has 5 heteroatoms. The highest BCUT2D eigenvalue weighted by atomic mass is 79.9. The first-order chi connectivity index (χ1) is 8.04. The molecular formula is C12H11BrClN3. The highest BCUT2D eigenvalue weighted by Crippen LogP contribution is 2.22. The highest BCUT2D eigenvalue weighted by Gasteiger charge is 2.02. The number of hydrogen-bond acceptors (Lipinski definition) is 3. The van der Waals surface area contributed by atoms with Crippen LogP contribution in [0.5, 0.6) is 0 Å². The molecular weight excluding hydrogens is 302 g/mol. The Morgan fingerprint density at radius 3 is 2.59 bits per heavy atom. The largest absolute Gasteiger partial charge is 0.340 e. The Kier molecular flexibility index (Phi) is 3.64. The Labute approximate surface area is 113 Å². The molecule has 0 saturated heterocycles. The van der Waals surface area contributed by atoms with Gasteiger partial charge in [0.25, 0.3) is 0 Å². The van der Waals surface area contributed by atoms with Crippen LogP contribution in [0.1, 0.15) is 11.3 Å². The molecule has 0 fully saturated rings. The molecule has 0 saturated carbocycles. The number of aryl methyl sites for hydroxylation is 2. The summed E-state index contributed by atoms with van der Waals surface area (Å²) in [7, 11) is 0. The van der Waals surface area contributed by atoms with Gasteiger partial charge in [0.2, 0.25) is 5.28 Å². The van der Waals surface area contributed by atoms with E-state index in [-0.39, 0.29) is 5.28 Å². The maximum absolute atomic E-state index is 5.80. The summed E-state index contributed by atoms with van der Waals surface area (Å²) in [4.78, 5) is 8.13. The summed E-state index contributed by atoms with van der Waals surface area (Å²) < 4.78 is 1.08. The molecule has 1 aromatic carbocycles. The van der Waals surface area contributed by atoms with E-state index in [1.807, 2.05) is 38.1 Å². The topological polar surface area (TPSA) is 37.8 Å². The van der Waals surface area contributed by atoms with Gasteiger partial charge in [0.15, 0.2) is 0 Å². The minimum absolute atomic E-state index is 0.251. The second-order valence-corrected chi connectivity index (χ2v) is 4.94. The lowest BCUT2D eigenvalue weighted by Crippen LogP contribution is -1.97. The van der Waals surface area contributed by atoms with Gasteiger partial charge < -0.3 is 5.32 Å². The fraction of sp³-hybridized carbons (Fsp3) is 0.167. The quantitative estimate of drug-likeness (QED) is 0.842. The lowest BCUT2D eigenvalue weighted by atomic mass is 10.2. The van der Waals surface area contributed by atoms with Crippen LogP contribution in [0.25, 0.3) is 0 Å². The summed E-state index contributed by atoms with van der Waals surface area (Å²) in [6.07, 6.45) is 0. The number of rotatable bonds is 2. The zero-order chi connectivity index (χ0) is 12.4. The molecule has 0 aliphatic rings. The Hall–Kier alpha value is -1.13. The van der Waals surface area contributed by atoms with E-state index in [1.165, 1.54) is 0 Å². The van der Waals surface area contributed by atoms with Crippen LogP contribution in [-0.2, 0) is 0 Å². The molecule has 0 radical (unpaired) electrons. The third kappa shape index (κ3) is 3.17. The maximum atomic E-state index is 5.80. The molecule has 2 rings (SSSR count). The Balaban J connectivity index is 2.28. The molecule has 0 aliphatic carbocycles. The van der Waals surface area contributed by atoms with Gasteiger partial charge in [-0.15, -0.1) is 0 Å². The molecule has 17 heavy (non-hydrogen) atoms. The maximum Gasteiger partial charge on any atom is 0.224 e. The van der Waals surface area contributed by atoms with Crippen LogP contribution in [0.3, 0.4) is 0 Å². The average Bonchev–Trinajstić information content (AvgIpc) is 2.22. The monoisotopic (exact) mass is 311 g/mol. The summed E-state index contributed by atoms with van der Waals surface area (Å²) >= 11 is 9.27. The SMILES string of the molecule is Cc1cc(Nc2ccc(Br)c(C)c2)nc(Cl)n1. The molecule has 0 unspecified atom stereocenters. The molecule has 3 nitrogen and oxygen atoms in total. The second kappa shape index (κ2) is 5.02. The van der Waals surface area contributed by atoms with E-state index in [1.54, 1.807) is 0 Å². The molecule has 0 bridgehead atoms. The zero-order valence-corrected chi connectivity index (χ0v) is 11.8. The van der Waals surface area contributed by atoms with Crippen molar-refractivity contribution in [2.75, 3.05) is 5.32 Å². The number of nitrogens with one attached hydrogen (secondary N) is 1. The number of aromatic nitrogens is 2. The van der Waals surface area contributed by atoms with E-state index in [4.69, 9.17) is 11.6 Å². The molecule has 88 valence electrons. The molecule has 0 aliphatic heterocycles. The summed E-state index contributed by atoms with van der Waals surface area (Å²) in [5, 5.41) is 3.45. The number of nitrogens with zero attached hydrogens (tertiary/aromatic N) is 2. The zero-order valence-electron chi connectivity index (χ0n) is 9.46. The third-order valence-electron chi connectivity index (χ3n) is 2.26. The first kappa shape index (κ1) is 12.3. The molecule has 1 N–H and O–H groups in total. The van der Waals surface area contributed by atoms with Gasteiger partial charge in [-0.1, -0.05) is 15.9 Å². The smallest absolute Gasteiger partial charge is 0.224 e. The van der Waals surface area contributed by atoms with Gasteiger partial charge in [0.05, 0.1) is 0 Å². The van der Waals surface area contributed by atoms with Crippen molar-refractivity contribution in [3.63, 3.8) is 0 Å². The first-order valence-electron chi connectivity index (χ1n) is 5.09. The molecule has 0 atom stereocenters. The fourth-order valence-corrected chi connectivity index (χ4v) is 1.94. The Morgan fingerprint density at radius 2 is 1.94 bits per heavy atom. The van der Waals surface area contributed by atoms with Crippen molar-refractivity contribution < 1.29 is 0 Å². The number of anilines is 2. The lowest BCUT2D eigenvalue weighted by molar-refractivity contribution is 1.10. The average molecular weight is 313 g/mol. The molecule has 1 heterocycles. The van der Waals surface area contributed by atoms with Gasteiger partial charge in [-0.3, -0.25) is 0 Å². The van der Waals surface area contributed by atoms with Crippen molar-refractivity contribution in [1.29, 1.82) is 0 Å². The van der Waals surface area contributed by atoms with Crippen molar-refractivity contribution in [1.82, 2.24) is 9.97 Å². The van der Waals surface area contributed by atoms with Gasteiger partial charge in [0, 0.05) is 21.9 Å². The van der Waals surface area contributed by atoms with E-state index in [0.29, 0.717) is 5.82 Å². The van der Waals surface area contributed by atoms with Gasteiger partial charge in [0.1, 0.15) is 5.82 Å². The number of halogens is 2. The van der Waals surface area contributed by atoms with Gasteiger partial charge in [-0.2, -0.15) is 0 Å². The minimum Gasteiger partial charge on any atom is -0.340 e. The summed E-state index contributed by atoms with van der Waals surface area (Å²) in [5.74, 6) is 0.698. The molecule has 0 spiro atoms. The molecule has 1 aromatic heterocycles. The lowest BCUT2D eigenvalue weighted by Gasteiger charge is -2.08. The van der Waals surface area contributed by atoms with Crippen molar-refractivity contribution in [3.05, 3.63) is 45.3 Å². The number of benzene rings is 1. The van der Waals surface area contributed by atoms with Crippen LogP contribution in [0.2, 0.25) is 5.28 Å². The molecule has 0 amide bonds. The predicted molar refractivity (Wildman–Crippen MR) is 73.9 cm³/mol. The normalized spacial score (nSPS) is 10.4. The van der Waals surface area contributed by atoms with Crippen LogP contribution in [0.4, 0.5) is 11.5 Å². The standard InChI is InChI=1S/C12H11BrClN3/c1-7-5-9(3-4-10(7)13)16-11-6-8(2)15-12(14)17-11/h3-6H,1-2H3,(H,15,16,17). The number of hydrogen-bond donors (Lipinski definition) is 1. The van der Waals surface area contributed by atoms with Crippen LogP contribution in [0.15, 0.2) is 28.7 Å². The highest BCUT2D eigenvalue weighted by molar-refractivity contribution is 9.10. The fourth-order valence-electron chi connectivity index (χ4n) is 1.47. The van der Waals surface area contributed by atoms with E-state index < -0.39 is 0 Å². The van der Waals surface area contributed by atoms with Gasteiger partial charge >= 0.3 is 0 Å². The van der Waals surface area contributed by atoms with E-state index in [0.717, 1.165) is 21.4 Å². The summed E-state index contributed by atoms with van der Waals surface area (Å²) in [6.45, 7) is 3.92. The second-order valence-electron chi connectivity index (χ2n) is 3.75. The van der Waals surface area contributed by atoms with Crippen molar-refractivity contribution in [2.45, 2.75) is 13.8 Å². The Morgan fingerprint density at radius 1 is 1.18 bits per heavy atom.